The second kappa shape index (κ2) is 5.75. The van der Waals surface area contributed by atoms with Gasteiger partial charge in [-0.15, -0.1) is 0 Å². The van der Waals surface area contributed by atoms with Crippen LogP contribution < -0.4 is 0 Å². The molecule has 19 heavy (non-hydrogen) atoms. The van der Waals surface area contributed by atoms with E-state index in [0.717, 1.165) is 6.42 Å². The van der Waals surface area contributed by atoms with Crippen molar-refractivity contribution in [2.75, 3.05) is 33.4 Å². The van der Waals surface area contributed by atoms with Gasteiger partial charge in [-0.25, -0.2) is 9.59 Å². The number of rotatable bonds is 2. The van der Waals surface area contributed by atoms with E-state index >= 15 is 0 Å². The van der Waals surface area contributed by atoms with Crippen LogP contribution in [0, 0.1) is 0 Å². The first kappa shape index (κ1) is 14.1. The van der Waals surface area contributed by atoms with E-state index in [0.29, 0.717) is 13.2 Å². The number of urea groups is 1. The van der Waals surface area contributed by atoms with Crippen molar-refractivity contribution < 1.29 is 24.2 Å². The van der Waals surface area contributed by atoms with Gasteiger partial charge >= 0.3 is 12.0 Å². The quantitative estimate of drug-likeness (QED) is 0.765. The Balaban J connectivity index is 1.96. The molecule has 2 fully saturated rings. The Labute approximate surface area is 112 Å². The molecule has 2 aliphatic heterocycles. The van der Waals surface area contributed by atoms with Gasteiger partial charge in [0.2, 0.25) is 0 Å². The van der Waals surface area contributed by atoms with E-state index in [9.17, 15) is 9.59 Å². The summed E-state index contributed by atoms with van der Waals surface area (Å²) >= 11 is 0. The highest BCUT2D eigenvalue weighted by Gasteiger charge is 2.35. The number of carboxylic acids is 1. The van der Waals surface area contributed by atoms with Gasteiger partial charge < -0.3 is 24.4 Å². The number of amides is 2. The summed E-state index contributed by atoms with van der Waals surface area (Å²) in [5.74, 6) is -1.03. The molecule has 108 valence electrons. The van der Waals surface area contributed by atoms with Gasteiger partial charge in [0.15, 0.2) is 6.10 Å². The van der Waals surface area contributed by atoms with Crippen LogP contribution in [0.5, 0.6) is 0 Å². The van der Waals surface area contributed by atoms with Gasteiger partial charge in [-0.2, -0.15) is 0 Å². The summed E-state index contributed by atoms with van der Waals surface area (Å²) < 4.78 is 10.6. The van der Waals surface area contributed by atoms with Crippen LogP contribution in [-0.2, 0) is 14.3 Å². The molecule has 7 heteroatoms. The van der Waals surface area contributed by atoms with Crippen LogP contribution >= 0.6 is 0 Å². The molecule has 2 heterocycles. The molecular weight excluding hydrogens is 252 g/mol. The van der Waals surface area contributed by atoms with Gasteiger partial charge in [0.05, 0.1) is 25.3 Å². The fourth-order valence-corrected chi connectivity index (χ4v) is 2.57. The number of likely N-dealkylation sites (N-methyl/N-ethyl adjacent to an activating group) is 1. The molecule has 2 aliphatic rings. The Hall–Kier alpha value is -1.34. The molecule has 0 saturated carbocycles. The van der Waals surface area contributed by atoms with Crippen LogP contribution in [0.2, 0.25) is 0 Å². The van der Waals surface area contributed by atoms with E-state index in [1.165, 1.54) is 4.90 Å². The van der Waals surface area contributed by atoms with E-state index in [2.05, 4.69) is 0 Å². The molecule has 2 rings (SSSR count). The lowest BCUT2D eigenvalue weighted by Gasteiger charge is -2.36. The average molecular weight is 272 g/mol. The molecule has 1 N–H and O–H groups in total. The van der Waals surface area contributed by atoms with Crippen molar-refractivity contribution in [1.29, 1.82) is 0 Å². The van der Waals surface area contributed by atoms with E-state index in [-0.39, 0.29) is 31.3 Å². The summed E-state index contributed by atoms with van der Waals surface area (Å²) in [6.45, 7) is 3.38. The number of carbonyl (C=O) groups excluding carboxylic acids is 1. The molecule has 0 aromatic carbocycles. The molecule has 3 unspecified atom stereocenters. The van der Waals surface area contributed by atoms with Crippen molar-refractivity contribution in [3.05, 3.63) is 0 Å². The molecule has 0 bridgehead atoms. The molecule has 0 spiro atoms. The highest BCUT2D eigenvalue weighted by Crippen LogP contribution is 2.20. The van der Waals surface area contributed by atoms with E-state index < -0.39 is 12.1 Å². The monoisotopic (exact) mass is 272 g/mol. The summed E-state index contributed by atoms with van der Waals surface area (Å²) in [5, 5.41) is 8.93. The topological polar surface area (TPSA) is 79.3 Å². The predicted octanol–water partition coefficient (Wildman–Crippen LogP) is 0.00100. The highest BCUT2D eigenvalue weighted by atomic mass is 16.5. The number of hydrogen-bond acceptors (Lipinski definition) is 4. The average Bonchev–Trinajstić information content (AvgIpc) is 2.83. The summed E-state index contributed by atoms with van der Waals surface area (Å²) in [7, 11) is 1.74. The Morgan fingerprint density at radius 3 is 2.63 bits per heavy atom. The van der Waals surface area contributed by atoms with Gasteiger partial charge in [0, 0.05) is 20.2 Å². The summed E-state index contributed by atoms with van der Waals surface area (Å²) in [6, 6.07) is -0.101. The molecular formula is C12H20N2O5. The van der Waals surface area contributed by atoms with E-state index in [1.54, 1.807) is 11.9 Å². The Morgan fingerprint density at radius 2 is 2.05 bits per heavy atom. The zero-order chi connectivity index (χ0) is 14.0. The summed E-state index contributed by atoms with van der Waals surface area (Å²) in [6.07, 6.45) is -0.0931. The Bertz CT molecular complexity index is 362. The lowest BCUT2D eigenvalue weighted by molar-refractivity contribution is -0.154. The maximum Gasteiger partial charge on any atom is 0.334 e. The van der Waals surface area contributed by atoms with E-state index in [1.807, 2.05) is 6.92 Å². The largest absolute Gasteiger partial charge is 0.479 e. The SMILES string of the molecule is CC1OCCC1N(C)C(=O)N1CCOC(C(=O)O)C1. The lowest BCUT2D eigenvalue weighted by Crippen LogP contribution is -2.54. The molecule has 3 atom stereocenters. The van der Waals surface area contributed by atoms with Crippen LogP contribution in [0.3, 0.4) is 0 Å². The third-order valence-corrected chi connectivity index (χ3v) is 3.75. The molecule has 0 aromatic rings. The number of carboxylic acid groups (broad SMARTS) is 1. The number of hydrogen-bond donors (Lipinski definition) is 1. The number of morpholine rings is 1. The number of ether oxygens (including phenoxy) is 2. The van der Waals surface area contributed by atoms with Crippen molar-refractivity contribution in [3.63, 3.8) is 0 Å². The fraction of sp³-hybridized carbons (Fsp3) is 0.833. The van der Waals surface area contributed by atoms with Crippen molar-refractivity contribution in [3.8, 4) is 0 Å². The molecule has 0 aromatic heterocycles. The molecule has 0 aliphatic carbocycles. The lowest BCUT2D eigenvalue weighted by atomic mass is 10.1. The normalized spacial score (nSPS) is 31.3. The van der Waals surface area contributed by atoms with Gasteiger partial charge in [-0.3, -0.25) is 0 Å². The number of nitrogens with zero attached hydrogens (tertiary/aromatic N) is 2. The van der Waals surface area contributed by atoms with Crippen molar-refractivity contribution >= 4 is 12.0 Å². The third kappa shape index (κ3) is 2.98. The van der Waals surface area contributed by atoms with E-state index in [4.69, 9.17) is 14.6 Å². The zero-order valence-corrected chi connectivity index (χ0v) is 11.2. The summed E-state index contributed by atoms with van der Waals surface area (Å²) in [5.41, 5.74) is 0. The van der Waals surface area contributed by atoms with Crippen LogP contribution in [0.25, 0.3) is 0 Å². The molecule has 2 amide bonds. The van der Waals surface area contributed by atoms with Gasteiger partial charge in [-0.05, 0) is 13.3 Å². The minimum absolute atomic E-state index is 0.0188. The second-order valence-corrected chi connectivity index (χ2v) is 4.97. The fourth-order valence-electron chi connectivity index (χ4n) is 2.57. The van der Waals surface area contributed by atoms with Crippen LogP contribution in [0.15, 0.2) is 0 Å². The second-order valence-electron chi connectivity index (χ2n) is 4.97. The van der Waals surface area contributed by atoms with Gasteiger partial charge in [0.25, 0.3) is 0 Å². The first-order valence-electron chi connectivity index (χ1n) is 6.48. The molecule has 7 nitrogen and oxygen atoms in total. The van der Waals surface area contributed by atoms with Crippen molar-refractivity contribution in [1.82, 2.24) is 9.80 Å². The zero-order valence-electron chi connectivity index (χ0n) is 11.2. The smallest absolute Gasteiger partial charge is 0.334 e. The van der Waals surface area contributed by atoms with Gasteiger partial charge in [0.1, 0.15) is 0 Å². The third-order valence-electron chi connectivity index (χ3n) is 3.75. The van der Waals surface area contributed by atoms with Gasteiger partial charge in [-0.1, -0.05) is 0 Å². The minimum Gasteiger partial charge on any atom is -0.479 e. The van der Waals surface area contributed by atoms with Crippen LogP contribution in [0.4, 0.5) is 4.79 Å². The summed E-state index contributed by atoms with van der Waals surface area (Å²) in [4.78, 5) is 26.4. The van der Waals surface area contributed by atoms with Crippen LogP contribution in [-0.4, -0.2) is 78.5 Å². The first-order chi connectivity index (χ1) is 9.00. The maximum atomic E-state index is 12.3. The number of aliphatic carboxylic acids is 1. The van der Waals surface area contributed by atoms with Crippen molar-refractivity contribution in [2.45, 2.75) is 31.6 Å². The van der Waals surface area contributed by atoms with Crippen LogP contribution in [0.1, 0.15) is 13.3 Å². The molecule has 2 saturated heterocycles. The first-order valence-corrected chi connectivity index (χ1v) is 6.48. The predicted molar refractivity (Wildman–Crippen MR) is 65.9 cm³/mol. The maximum absolute atomic E-state index is 12.3. The number of carbonyl (C=O) groups is 2. The Morgan fingerprint density at radius 1 is 1.32 bits per heavy atom. The standard InChI is InChI=1S/C12H20N2O5/c1-8-9(3-5-18-8)13(2)12(17)14-4-6-19-10(7-14)11(15)16/h8-10H,3-7H2,1-2H3,(H,15,16). The van der Waals surface area contributed by atoms with Crippen molar-refractivity contribution in [2.24, 2.45) is 0 Å². The molecule has 0 radical (unpaired) electrons. The minimum atomic E-state index is -1.03. The Kier molecular flexibility index (Phi) is 4.26. The highest BCUT2D eigenvalue weighted by molar-refractivity contribution is 5.77.